The molecule has 0 N–H and O–H groups in total. The van der Waals surface area contributed by atoms with Crippen LogP contribution in [0.25, 0.3) is 0 Å². The summed E-state index contributed by atoms with van der Waals surface area (Å²) in [5, 5.41) is 0. The van der Waals surface area contributed by atoms with E-state index in [1.165, 1.54) is 6.92 Å². The summed E-state index contributed by atoms with van der Waals surface area (Å²) in [5.74, 6) is -0.978. The molecule has 0 bridgehead atoms. The van der Waals surface area contributed by atoms with Crippen molar-refractivity contribution < 1.29 is 19.0 Å². The highest BCUT2D eigenvalue weighted by atomic mass is 19.3. The van der Waals surface area contributed by atoms with Crippen molar-refractivity contribution in [2.24, 2.45) is 0 Å². The fourth-order valence-electron chi connectivity index (χ4n) is 0.425. The van der Waals surface area contributed by atoms with Crippen LogP contribution in [0.4, 0.5) is 4.53 Å². The Morgan fingerprint density at radius 3 is 2.70 bits per heavy atom. The van der Waals surface area contributed by atoms with E-state index in [0.717, 1.165) is 6.42 Å². The molecule has 0 aromatic heterocycles. The lowest BCUT2D eigenvalue weighted by Gasteiger charge is -2.05. The summed E-state index contributed by atoms with van der Waals surface area (Å²) in [6, 6.07) is 0. The average molecular weight is 150 g/mol. The topological polar surface area (TPSA) is 35.5 Å². The highest BCUT2D eigenvalue weighted by Gasteiger charge is 2.14. The Morgan fingerprint density at radius 2 is 2.30 bits per heavy atom. The van der Waals surface area contributed by atoms with Crippen molar-refractivity contribution in [3.63, 3.8) is 0 Å². The van der Waals surface area contributed by atoms with Crippen LogP contribution in [0, 0.1) is 0 Å². The second kappa shape index (κ2) is 5.17. The van der Waals surface area contributed by atoms with Gasteiger partial charge in [0.05, 0.1) is 0 Å². The van der Waals surface area contributed by atoms with Gasteiger partial charge in [0.1, 0.15) is 0 Å². The molecule has 0 aliphatic rings. The summed E-state index contributed by atoms with van der Waals surface area (Å²) in [4.78, 5) is 13.2. The van der Waals surface area contributed by atoms with Crippen molar-refractivity contribution in [1.82, 2.24) is 0 Å². The summed E-state index contributed by atoms with van der Waals surface area (Å²) >= 11 is 0. The summed E-state index contributed by atoms with van der Waals surface area (Å²) < 4.78 is 16.0. The average Bonchev–Trinajstić information content (AvgIpc) is 1.98. The van der Waals surface area contributed by atoms with Gasteiger partial charge in [-0.3, -0.25) is 4.94 Å². The van der Waals surface area contributed by atoms with Gasteiger partial charge in [-0.05, 0) is 13.3 Å². The predicted octanol–water partition coefficient (Wildman–Crippen LogP) is 1.23. The maximum atomic E-state index is 11.1. The second-order valence-electron chi connectivity index (χ2n) is 1.91. The van der Waals surface area contributed by atoms with Gasteiger partial charge >= 0.3 is 5.97 Å². The minimum absolute atomic E-state index is 0.441. The van der Waals surface area contributed by atoms with E-state index in [2.05, 4.69) is 4.94 Å². The summed E-state index contributed by atoms with van der Waals surface area (Å²) in [6.07, 6.45) is -0.00543. The Hall–Kier alpha value is -0.640. The molecular formula is C6H11FO3. The van der Waals surface area contributed by atoms with Crippen LogP contribution < -0.4 is 0 Å². The fourth-order valence-corrected chi connectivity index (χ4v) is 0.425. The van der Waals surface area contributed by atoms with E-state index in [1.54, 1.807) is 0 Å². The monoisotopic (exact) mass is 150 g/mol. The van der Waals surface area contributed by atoms with Crippen LogP contribution in [0.5, 0.6) is 0 Å². The van der Waals surface area contributed by atoms with Gasteiger partial charge in [0, 0.05) is 11.1 Å². The van der Waals surface area contributed by atoms with Gasteiger partial charge in [-0.2, -0.15) is 0 Å². The van der Waals surface area contributed by atoms with Crippen molar-refractivity contribution in [2.45, 2.75) is 26.4 Å². The predicted molar refractivity (Wildman–Crippen MR) is 32.9 cm³/mol. The highest BCUT2D eigenvalue weighted by Crippen LogP contribution is 1.95. The Balaban J connectivity index is 3.41. The zero-order chi connectivity index (χ0) is 7.98. The molecule has 1 atom stereocenters. The van der Waals surface area contributed by atoms with E-state index in [-0.39, 0.29) is 0 Å². The molecule has 0 aromatic carbocycles. The van der Waals surface area contributed by atoms with Crippen LogP contribution in [0.1, 0.15) is 20.3 Å². The molecule has 10 heavy (non-hydrogen) atoms. The van der Waals surface area contributed by atoms with Gasteiger partial charge in [0.25, 0.3) is 0 Å². The third-order valence-electron chi connectivity index (χ3n) is 0.980. The maximum Gasteiger partial charge on any atom is 0.376 e. The van der Waals surface area contributed by atoms with E-state index < -0.39 is 12.1 Å². The first kappa shape index (κ1) is 9.36. The first-order valence-electron chi connectivity index (χ1n) is 3.16. The summed E-state index contributed by atoms with van der Waals surface area (Å²) in [6.45, 7) is 3.78. The quantitative estimate of drug-likeness (QED) is 0.604. The number of ether oxygens (including phenoxy) is 1. The van der Waals surface area contributed by atoms with Crippen LogP contribution in [-0.4, -0.2) is 18.7 Å². The van der Waals surface area contributed by atoms with Crippen molar-refractivity contribution >= 4 is 5.97 Å². The standard InChI is InChI=1S/C6H11FO3/c1-3-4-9-5(2)6(8)10-7/h5H,3-4H2,1-2H3. The lowest BCUT2D eigenvalue weighted by Crippen LogP contribution is -2.21. The molecule has 0 heterocycles. The van der Waals surface area contributed by atoms with Crippen LogP contribution in [0.3, 0.4) is 0 Å². The third kappa shape index (κ3) is 3.40. The Morgan fingerprint density at radius 1 is 1.70 bits per heavy atom. The van der Waals surface area contributed by atoms with Crippen molar-refractivity contribution in [3.05, 3.63) is 0 Å². The molecule has 0 aliphatic carbocycles. The Kier molecular flexibility index (Phi) is 4.84. The molecule has 0 rings (SSSR count). The minimum Gasteiger partial charge on any atom is -0.367 e. The molecule has 0 amide bonds. The largest absolute Gasteiger partial charge is 0.376 e. The molecule has 60 valence electrons. The summed E-state index contributed by atoms with van der Waals surface area (Å²) in [7, 11) is 0. The number of halogens is 1. The zero-order valence-corrected chi connectivity index (χ0v) is 6.09. The van der Waals surface area contributed by atoms with Crippen molar-refractivity contribution in [2.75, 3.05) is 6.61 Å². The normalized spacial score (nSPS) is 12.7. The van der Waals surface area contributed by atoms with Gasteiger partial charge in [-0.25, -0.2) is 4.79 Å². The van der Waals surface area contributed by atoms with Crippen LogP contribution >= 0.6 is 0 Å². The van der Waals surface area contributed by atoms with Gasteiger partial charge < -0.3 is 4.74 Å². The molecule has 3 nitrogen and oxygen atoms in total. The third-order valence-corrected chi connectivity index (χ3v) is 0.980. The SMILES string of the molecule is CCCOC(C)C(=O)OF. The molecule has 0 saturated carbocycles. The molecule has 1 unspecified atom stereocenters. The van der Waals surface area contributed by atoms with Crippen LogP contribution in [0.15, 0.2) is 0 Å². The number of hydrogen-bond donors (Lipinski definition) is 0. The van der Waals surface area contributed by atoms with Crippen LogP contribution in [0.2, 0.25) is 0 Å². The molecular weight excluding hydrogens is 139 g/mol. The van der Waals surface area contributed by atoms with E-state index in [1.807, 2.05) is 6.92 Å². The highest BCUT2D eigenvalue weighted by molar-refractivity contribution is 5.73. The van der Waals surface area contributed by atoms with E-state index in [4.69, 9.17) is 4.74 Å². The van der Waals surface area contributed by atoms with Gasteiger partial charge in [0.2, 0.25) is 0 Å². The molecule has 0 aliphatic heterocycles. The first-order chi connectivity index (χ1) is 4.72. The number of carbonyl (C=O) groups excluding carboxylic acids is 1. The lowest BCUT2D eigenvalue weighted by atomic mass is 10.4. The molecule has 0 aromatic rings. The van der Waals surface area contributed by atoms with Crippen molar-refractivity contribution in [3.8, 4) is 0 Å². The van der Waals surface area contributed by atoms with E-state index >= 15 is 0 Å². The number of hydrogen-bond acceptors (Lipinski definition) is 3. The molecule has 0 saturated heterocycles. The Labute approximate surface area is 59.0 Å². The van der Waals surface area contributed by atoms with E-state index in [9.17, 15) is 9.32 Å². The summed E-state index contributed by atoms with van der Waals surface area (Å²) in [5.41, 5.74) is 0. The molecule has 4 heteroatoms. The van der Waals surface area contributed by atoms with Gasteiger partial charge in [-0.15, -0.1) is 0 Å². The van der Waals surface area contributed by atoms with Gasteiger partial charge in [-0.1, -0.05) is 6.92 Å². The number of carbonyl (C=O) groups is 1. The second-order valence-corrected chi connectivity index (χ2v) is 1.91. The fraction of sp³-hybridized carbons (Fsp3) is 0.833. The lowest BCUT2D eigenvalue weighted by molar-refractivity contribution is -0.195. The van der Waals surface area contributed by atoms with Gasteiger partial charge in [0.15, 0.2) is 6.10 Å². The van der Waals surface area contributed by atoms with Crippen LogP contribution in [-0.2, 0) is 14.5 Å². The molecule has 0 spiro atoms. The Bertz CT molecular complexity index is 105. The molecule has 0 radical (unpaired) electrons. The van der Waals surface area contributed by atoms with E-state index in [0.29, 0.717) is 6.61 Å². The van der Waals surface area contributed by atoms with Crippen molar-refractivity contribution in [1.29, 1.82) is 0 Å². The maximum absolute atomic E-state index is 11.1. The molecule has 0 fully saturated rings. The first-order valence-corrected chi connectivity index (χ1v) is 3.16. The zero-order valence-electron chi connectivity index (χ0n) is 6.09. The smallest absolute Gasteiger partial charge is 0.367 e. The number of rotatable bonds is 4. The minimum atomic E-state index is -0.978.